The second kappa shape index (κ2) is 4.95. The third-order valence-corrected chi connectivity index (χ3v) is 2.59. The zero-order valence-corrected chi connectivity index (χ0v) is 10.4. The summed E-state index contributed by atoms with van der Waals surface area (Å²) < 4.78 is 4.62. The summed E-state index contributed by atoms with van der Waals surface area (Å²) in [4.78, 5) is 29.0. The number of carbonyl (C=O) groups is 2. The van der Waals surface area contributed by atoms with Gasteiger partial charge in [-0.05, 0) is 26.0 Å². The molecule has 0 aromatic carbocycles. The van der Waals surface area contributed by atoms with Gasteiger partial charge in [-0.2, -0.15) is 0 Å². The van der Waals surface area contributed by atoms with Gasteiger partial charge >= 0.3 is 5.97 Å². The molecule has 92 valence electrons. The molecule has 1 heterocycles. The maximum Gasteiger partial charge on any atom is 0.320 e. The number of methoxy groups -OCH3 is 1. The van der Waals surface area contributed by atoms with Crippen molar-refractivity contribution in [3.63, 3.8) is 0 Å². The molecule has 1 rings (SSSR count). The molecule has 0 unspecified atom stereocenters. The molecule has 1 amide bonds. The van der Waals surface area contributed by atoms with E-state index >= 15 is 0 Å². The quantitative estimate of drug-likeness (QED) is 0.585. The number of aromatic nitrogens is 1. The van der Waals surface area contributed by atoms with Crippen LogP contribution in [0.3, 0.4) is 0 Å². The van der Waals surface area contributed by atoms with Crippen LogP contribution in [0, 0.1) is 5.41 Å². The summed E-state index contributed by atoms with van der Waals surface area (Å²) >= 11 is 0. The number of ether oxygens (including phenoxy) is 1. The van der Waals surface area contributed by atoms with Gasteiger partial charge in [0.15, 0.2) is 0 Å². The van der Waals surface area contributed by atoms with Crippen LogP contribution in [0.1, 0.15) is 13.8 Å². The predicted octanol–water partition coefficient (Wildman–Crippen LogP) is 1.24. The predicted molar refractivity (Wildman–Crippen MR) is 63.4 cm³/mol. The van der Waals surface area contributed by atoms with Crippen LogP contribution in [0.4, 0.5) is 5.69 Å². The summed E-state index contributed by atoms with van der Waals surface area (Å²) in [5, 5.41) is 0. The standard InChI is InChI=1S/C12H16N2O3/c1-12(2,11(16)17-4)10(15)14(3)9-5-7-13-8-6-9/h5-8H,1-4H3. The first kappa shape index (κ1) is 13.2. The lowest BCUT2D eigenvalue weighted by molar-refractivity contribution is -0.155. The number of nitrogens with zero attached hydrogens (tertiary/aromatic N) is 2. The molecule has 0 aliphatic rings. The normalized spacial score (nSPS) is 10.8. The van der Waals surface area contributed by atoms with E-state index in [2.05, 4.69) is 9.72 Å². The van der Waals surface area contributed by atoms with Crippen molar-refractivity contribution >= 4 is 17.6 Å². The average molecular weight is 236 g/mol. The summed E-state index contributed by atoms with van der Waals surface area (Å²) in [5.41, 5.74) is -0.519. The Morgan fingerprint density at radius 3 is 2.29 bits per heavy atom. The number of rotatable bonds is 3. The minimum absolute atomic E-state index is 0.324. The monoisotopic (exact) mass is 236 g/mol. The van der Waals surface area contributed by atoms with E-state index < -0.39 is 11.4 Å². The van der Waals surface area contributed by atoms with E-state index in [1.807, 2.05) is 0 Å². The van der Waals surface area contributed by atoms with Crippen LogP contribution in [0.15, 0.2) is 24.5 Å². The van der Waals surface area contributed by atoms with Crippen molar-refractivity contribution in [2.75, 3.05) is 19.1 Å². The fourth-order valence-electron chi connectivity index (χ4n) is 1.45. The highest BCUT2D eigenvalue weighted by Gasteiger charge is 2.39. The zero-order chi connectivity index (χ0) is 13.1. The van der Waals surface area contributed by atoms with Gasteiger partial charge in [-0.25, -0.2) is 0 Å². The van der Waals surface area contributed by atoms with Gasteiger partial charge in [0.25, 0.3) is 0 Å². The van der Waals surface area contributed by atoms with Crippen LogP contribution in [0.2, 0.25) is 0 Å². The second-order valence-electron chi connectivity index (χ2n) is 4.19. The van der Waals surface area contributed by atoms with E-state index in [0.29, 0.717) is 5.69 Å². The number of amides is 1. The molecular formula is C12H16N2O3. The number of pyridine rings is 1. The van der Waals surface area contributed by atoms with Gasteiger partial charge < -0.3 is 9.64 Å². The fourth-order valence-corrected chi connectivity index (χ4v) is 1.45. The molecule has 0 N–H and O–H groups in total. The average Bonchev–Trinajstić information content (AvgIpc) is 2.36. The fraction of sp³-hybridized carbons (Fsp3) is 0.417. The smallest absolute Gasteiger partial charge is 0.320 e. The molecule has 0 atom stereocenters. The van der Waals surface area contributed by atoms with Crippen LogP contribution in [-0.2, 0) is 14.3 Å². The first-order chi connectivity index (χ1) is 7.91. The van der Waals surface area contributed by atoms with E-state index in [9.17, 15) is 9.59 Å². The lowest BCUT2D eigenvalue weighted by Crippen LogP contribution is -2.44. The SMILES string of the molecule is COC(=O)C(C)(C)C(=O)N(C)c1ccncc1. The molecule has 0 aliphatic carbocycles. The molecule has 0 fully saturated rings. The summed E-state index contributed by atoms with van der Waals surface area (Å²) in [6.45, 7) is 3.08. The maximum absolute atomic E-state index is 12.2. The van der Waals surface area contributed by atoms with Crippen LogP contribution in [0.5, 0.6) is 0 Å². The van der Waals surface area contributed by atoms with Gasteiger partial charge in [-0.1, -0.05) is 0 Å². The molecule has 1 aromatic heterocycles. The Morgan fingerprint density at radius 1 is 1.29 bits per heavy atom. The topological polar surface area (TPSA) is 59.5 Å². The molecule has 0 spiro atoms. The Hall–Kier alpha value is -1.91. The molecule has 1 aromatic rings. The van der Waals surface area contributed by atoms with E-state index in [1.54, 1.807) is 45.4 Å². The lowest BCUT2D eigenvalue weighted by Gasteiger charge is -2.26. The molecule has 0 radical (unpaired) electrons. The van der Waals surface area contributed by atoms with Gasteiger partial charge in [-0.3, -0.25) is 14.6 Å². The third-order valence-electron chi connectivity index (χ3n) is 2.59. The molecule has 5 nitrogen and oxygen atoms in total. The van der Waals surface area contributed by atoms with Crippen molar-refractivity contribution in [1.29, 1.82) is 0 Å². The summed E-state index contributed by atoms with van der Waals surface area (Å²) in [5.74, 6) is -0.876. The van der Waals surface area contributed by atoms with Crippen LogP contribution < -0.4 is 4.90 Å². The maximum atomic E-state index is 12.2. The van der Waals surface area contributed by atoms with Crippen LogP contribution in [-0.4, -0.2) is 31.0 Å². The zero-order valence-electron chi connectivity index (χ0n) is 10.4. The first-order valence-corrected chi connectivity index (χ1v) is 5.18. The highest BCUT2D eigenvalue weighted by molar-refractivity contribution is 6.09. The van der Waals surface area contributed by atoms with Crippen molar-refractivity contribution in [1.82, 2.24) is 4.98 Å². The Kier molecular flexibility index (Phi) is 3.83. The Labute approximate surface area is 100 Å². The number of hydrogen-bond donors (Lipinski definition) is 0. The largest absolute Gasteiger partial charge is 0.468 e. The van der Waals surface area contributed by atoms with Crippen molar-refractivity contribution < 1.29 is 14.3 Å². The summed E-state index contributed by atoms with van der Waals surface area (Å²) in [6, 6.07) is 3.40. The van der Waals surface area contributed by atoms with E-state index in [0.717, 1.165) is 0 Å². The van der Waals surface area contributed by atoms with Crippen LogP contribution >= 0.6 is 0 Å². The van der Waals surface area contributed by atoms with Crippen LogP contribution in [0.25, 0.3) is 0 Å². The Bertz CT molecular complexity index is 415. The molecular weight excluding hydrogens is 220 g/mol. The van der Waals surface area contributed by atoms with Gasteiger partial charge in [-0.15, -0.1) is 0 Å². The molecule has 0 saturated carbocycles. The Balaban J connectivity index is 2.95. The van der Waals surface area contributed by atoms with Gasteiger partial charge in [0.05, 0.1) is 7.11 Å². The highest BCUT2D eigenvalue weighted by Crippen LogP contribution is 2.23. The van der Waals surface area contributed by atoms with Gasteiger partial charge in [0, 0.05) is 25.1 Å². The first-order valence-electron chi connectivity index (χ1n) is 5.18. The number of esters is 1. The summed E-state index contributed by atoms with van der Waals surface area (Å²) in [7, 11) is 2.88. The van der Waals surface area contributed by atoms with Crippen molar-refractivity contribution in [2.24, 2.45) is 5.41 Å². The lowest BCUT2D eigenvalue weighted by atomic mass is 9.91. The van der Waals surface area contributed by atoms with Crippen molar-refractivity contribution in [3.05, 3.63) is 24.5 Å². The van der Waals surface area contributed by atoms with Gasteiger partial charge in [0.2, 0.25) is 5.91 Å². The van der Waals surface area contributed by atoms with Crippen molar-refractivity contribution in [3.8, 4) is 0 Å². The van der Waals surface area contributed by atoms with E-state index in [4.69, 9.17) is 0 Å². The van der Waals surface area contributed by atoms with Crippen molar-refractivity contribution in [2.45, 2.75) is 13.8 Å². The number of carbonyl (C=O) groups excluding carboxylic acids is 2. The van der Waals surface area contributed by atoms with E-state index in [-0.39, 0.29) is 5.91 Å². The molecule has 0 saturated heterocycles. The third kappa shape index (κ3) is 2.61. The molecule has 17 heavy (non-hydrogen) atoms. The second-order valence-corrected chi connectivity index (χ2v) is 4.19. The minimum atomic E-state index is -1.20. The van der Waals surface area contributed by atoms with Gasteiger partial charge in [0.1, 0.15) is 5.41 Å². The molecule has 0 aliphatic heterocycles. The number of hydrogen-bond acceptors (Lipinski definition) is 4. The Morgan fingerprint density at radius 2 is 1.82 bits per heavy atom. The molecule has 0 bridgehead atoms. The molecule has 5 heteroatoms. The minimum Gasteiger partial charge on any atom is -0.468 e. The van der Waals surface area contributed by atoms with E-state index in [1.165, 1.54) is 12.0 Å². The number of anilines is 1. The summed E-state index contributed by atoms with van der Waals surface area (Å²) in [6.07, 6.45) is 3.18. The highest BCUT2D eigenvalue weighted by atomic mass is 16.5.